The number of nitrogens with zero attached hydrogens (tertiary/aromatic N) is 1. The largest absolute Gasteiger partial charge is 0.399 e. The van der Waals surface area contributed by atoms with Crippen molar-refractivity contribution < 1.29 is 0 Å². The number of nitrogen functional groups attached to an aromatic ring is 1. The van der Waals surface area contributed by atoms with Crippen LogP contribution in [-0.2, 0) is 6.42 Å². The van der Waals surface area contributed by atoms with Crippen LogP contribution in [0.15, 0.2) is 18.2 Å². The number of anilines is 2. The van der Waals surface area contributed by atoms with Crippen LogP contribution in [0.4, 0.5) is 11.4 Å². The second kappa shape index (κ2) is 4.49. The Labute approximate surface area is 97.4 Å². The molecular weight excluding hydrogens is 196 g/mol. The Morgan fingerprint density at radius 1 is 1.56 bits per heavy atom. The molecule has 2 nitrogen and oxygen atoms in total. The van der Waals surface area contributed by atoms with Crippen molar-refractivity contribution in [2.45, 2.75) is 32.2 Å². The molecule has 1 heterocycles. The Bertz CT molecular complexity index is 417. The quantitative estimate of drug-likeness (QED) is 0.605. The van der Waals surface area contributed by atoms with E-state index in [0.717, 1.165) is 31.5 Å². The summed E-state index contributed by atoms with van der Waals surface area (Å²) in [4.78, 5) is 2.33. The number of fused-ring (bicyclic) bond motifs is 1. The SMILES string of the molecule is C#CC(CC)N1CCCc2cc(N)ccc21. The third kappa shape index (κ3) is 1.86. The zero-order valence-electron chi connectivity index (χ0n) is 9.74. The normalized spacial score (nSPS) is 16.4. The highest BCUT2D eigenvalue weighted by molar-refractivity contribution is 5.62. The van der Waals surface area contributed by atoms with Gasteiger partial charge in [-0.3, -0.25) is 0 Å². The molecule has 84 valence electrons. The monoisotopic (exact) mass is 214 g/mol. The van der Waals surface area contributed by atoms with E-state index in [4.69, 9.17) is 12.2 Å². The van der Waals surface area contributed by atoms with Crippen molar-refractivity contribution in [2.75, 3.05) is 17.2 Å². The standard InChI is InChI=1S/C14H18N2/c1-3-13(4-2)16-9-5-6-11-10-12(15)7-8-14(11)16/h1,7-8,10,13H,4-6,9,15H2,2H3. The third-order valence-corrected chi connectivity index (χ3v) is 3.21. The number of terminal acetylenes is 1. The minimum absolute atomic E-state index is 0.211. The molecule has 0 spiro atoms. The van der Waals surface area contributed by atoms with Gasteiger partial charge in [0.15, 0.2) is 0 Å². The van der Waals surface area contributed by atoms with E-state index < -0.39 is 0 Å². The lowest BCUT2D eigenvalue weighted by Gasteiger charge is -2.35. The van der Waals surface area contributed by atoms with Crippen LogP contribution < -0.4 is 10.6 Å². The van der Waals surface area contributed by atoms with E-state index in [2.05, 4.69) is 29.9 Å². The Hall–Kier alpha value is -1.62. The van der Waals surface area contributed by atoms with Crippen LogP contribution in [0.2, 0.25) is 0 Å². The summed E-state index contributed by atoms with van der Waals surface area (Å²) in [5, 5.41) is 0. The van der Waals surface area contributed by atoms with Crippen LogP contribution in [-0.4, -0.2) is 12.6 Å². The summed E-state index contributed by atoms with van der Waals surface area (Å²) < 4.78 is 0. The Balaban J connectivity index is 2.37. The van der Waals surface area contributed by atoms with E-state index in [9.17, 15) is 0 Å². The maximum absolute atomic E-state index is 5.81. The Kier molecular flexibility index (Phi) is 3.05. The van der Waals surface area contributed by atoms with Crippen LogP contribution in [0.1, 0.15) is 25.3 Å². The van der Waals surface area contributed by atoms with Crippen molar-refractivity contribution in [2.24, 2.45) is 0 Å². The van der Waals surface area contributed by atoms with Gasteiger partial charge >= 0.3 is 0 Å². The number of rotatable bonds is 2. The summed E-state index contributed by atoms with van der Waals surface area (Å²) in [6, 6.07) is 6.34. The fourth-order valence-electron chi connectivity index (χ4n) is 2.40. The second-order valence-electron chi connectivity index (χ2n) is 4.28. The van der Waals surface area contributed by atoms with Crippen LogP contribution in [0.25, 0.3) is 0 Å². The summed E-state index contributed by atoms with van der Waals surface area (Å²) in [5.41, 5.74) is 9.25. The predicted molar refractivity (Wildman–Crippen MR) is 69.4 cm³/mol. The molecule has 1 atom stereocenters. The van der Waals surface area contributed by atoms with Crippen LogP contribution in [0.3, 0.4) is 0 Å². The molecule has 1 unspecified atom stereocenters. The smallest absolute Gasteiger partial charge is 0.0898 e. The van der Waals surface area contributed by atoms with Gasteiger partial charge in [0.25, 0.3) is 0 Å². The molecule has 0 saturated heterocycles. The van der Waals surface area contributed by atoms with Crippen molar-refractivity contribution >= 4 is 11.4 Å². The molecule has 0 bridgehead atoms. The maximum atomic E-state index is 5.81. The lowest BCUT2D eigenvalue weighted by molar-refractivity contribution is 0.627. The molecule has 1 aliphatic rings. The number of hydrogen-bond acceptors (Lipinski definition) is 2. The molecule has 1 aliphatic heterocycles. The third-order valence-electron chi connectivity index (χ3n) is 3.21. The molecule has 2 rings (SSSR count). The summed E-state index contributed by atoms with van der Waals surface area (Å²) in [5.74, 6) is 2.87. The average Bonchev–Trinajstić information content (AvgIpc) is 2.30. The van der Waals surface area contributed by atoms with E-state index in [1.54, 1.807) is 0 Å². The molecule has 2 heteroatoms. The van der Waals surface area contributed by atoms with Crippen molar-refractivity contribution in [3.05, 3.63) is 23.8 Å². The molecule has 1 aromatic carbocycles. The fraction of sp³-hybridized carbons (Fsp3) is 0.429. The first-order valence-electron chi connectivity index (χ1n) is 5.87. The molecule has 0 amide bonds. The summed E-state index contributed by atoms with van der Waals surface area (Å²) >= 11 is 0. The van der Waals surface area contributed by atoms with Crippen molar-refractivity contribution in [1.82, 2.24) is 0 Å². The van der Waals surface area contributed by atoms with Crippen molar-refractivity contribution in [3.8, 4) is 12.3 Å². The van der Waals surface area contributed by atoms with E-state index in [1.807, 2.05) is 6.07 Å². The van der Waals surface area contributed by atoms with Gasteiger partial charge in [0.2, 0.25) is 0 Å². The van der Waals surface area contributed by atoms with Crippen molar-refractivity contribution in [1.29, 1.82) is 0 Å². The van der Waals surface area contributed by atoms with E-state index >= 15 is 0 Å². The highest BCUT2D eigenvalue weighted by Crippen LogP contribution is 2.30. The summed E-state index contributed by atoms with van der Waals surface area (Å²) in [6.45, 7) is 3.19. The molecule has 0 fully saturated rings. The Morgan fingerprint density at radius 3 is 3.06 bits per heavy atom. The average molecular weight is 214 g/mol. The fourth-order valence-corrected chi connectivity index (χ4v) is 2.40. The van der Waals surface area contributed by atoms with Gasteiger partial charge in [-0.1, -0.05) is 12.8 Å². The molecule has 0 aromatic heterocycles. The van der Waals surface area contributed by atoms with Gasteiger partial charge < -0.3 is 10.6 Å². The van der Waals surface area contributed by atoms with Gasteiger partial charge in [-0.2, -0.15) is 0 Å². The molecule has 0 aliphatic carbocycles. The number of hydrogen-bond donors (Lipinski definition) is 1. The zero-order chi connectivity index (χ0) is 11.5. The Morgan fingerprint density at radius 2 is 2.38 bits per heavy atom. The van der Waals surface area contributed by atoms with E-state index in [-0.39, 0.29) is 6.04 Å². The zero-order valence-corrected chi connectivity index (χ0v) is 9.74. The lowest BCUT2D eigenvalue weighted by atomic mass is 9.99. The molecule has 0 radical (unpaired) electrons. The van der Waals surface area contributed by atoms with Gasteiger partial charge in [0.1, 0.15) is 0 Å². The van der Waals surface area contributed by atoms with Gasteiger partial charge in [-0.15, -0.1) is 6.42 Å². The van der Waals surface area contributed by atoms with Crippen LogP contribution in [0, 0.1) is 12.3 Å². The van der Waals surface area contributed by atoms with Gasteiger partial charge in [0.05, 0.1) is 6.04 Å². The topological polar surface area (TPSA) is 29.3 Å². The van der Waals surface area contributed by atoms with Gasteiger partial charge in [-0.05, 0) is 43.0 Å². The molecule has 1 aromatic rings. The second-order valence-corrected chi connectivity index (χ2v) is 4.28. The number of benzene rings is 1. The maximum Gasteiger partial charge on any atom is 0.0898 e. The number of nitrogens with two attached hydrogens (primary N) is 1. The summed E-state index contributed by atoms with van der Waals surface area (Å²) in [7, 11) is 0. The van der Waals surface area contributed by atoms with Gasteiger partial charge in [0, 0.05) is 17.9 Å². The van der Waals surface area contributed by atoms with Crippen LogP contribution in [0.5, 0.6) is 0 Å². The minimum atomic E-state index is 0.211. The van der Waals surface area contributed by atoms with Crippen molar-refractivity contribution in [3.63, 3.8) is 0 Å². The highest BCUT2D eigenvalue weighted by atomic mass is 15.2. The predicted octanol–water partition coefficient (Wildman–Crippen LogP) is 2.43. The minimum Gasteiger partial charge on any atom is -0.399 e. The van der Waals surface area contributed by atoms with E-state index in [1.165, 1.54) is 11.3 Å². The number of aryl methyl sites for hydroxylation is 1. The lowest BCUT2D eigenvalue weighted by Crippen LogP contribution is -2.37. The first-order valence-corrected chi connectivity index (χ1v) is 5.87. The van der Waals surface area contributed by atoms with Crippen LogP contribution >= 0.6 is 0 Å². The molecular formula is C14H18N2. The molecule has 0 saturated carbocycles. The first kappa shape index (κ1) is 10.9. The van der Waals surface area contributed by atoms with Gasteiger partial charge in [-0.25, -0.2) is 0 Å². The molecule has 16 heavy (non-hydrogen) atoms. The summed E-state index contributed by atoms with van der Waals surface area (Å²) in [6.07, 6.45) is 8.84. The molecule has 2 N–H and O–H groups in total. The highest BCUT2D eigenvalue weighted by Gasteiger charge is 2.21. The van der Waals surface area contributed by atoms with E-state index in [0.29, 0.717) is 0 Å². The first-order chi connectivity index (χ1) is 7.76.